The van der Waals surface area contributed by atoms with Gasteiger partial charge in [-0.1, -0.05) is 23.8 Å². The van der Waals surface area contributed by atoms with Crippen molar-refractivity contribution in [1.82, 2.24) is 4.90 Å². The molecule has 2 heterocycles. The molecule has 0 saturated carbocycles. The van der Waals surface area contributed by atoms with E-state index in [4.69, 9.17) is 9.47 Å². The molecule has 2 aliphatic rings. The summed E-state index contributed by atoms with van der Waals surface area (Å²) in [7, 11) is 1.79. The predicted octanol–water partition coefficient (Wildman–Crippen LogP) is 2.93. The van der Waals surface area contributed by atoms with Gasteiger partial charge in [0, 0.05) is 40.0 Å². The normalized spacial score (nSPS) is 24.4. The first kappa shape index (κ1) is 15.0. The molecule has 1 atom stereocenters. The minimum Gasteiger partial charge on any atom is -0.385 e. The second-order valence-electron chi connectivity index (χ2n) is 6.76. The molecular weight excluding hydrogens is 262 g/mol. The third kappa shape index (κ3) is 3.01. The van der Waals surface area contributed by atoms with E-state index in [1.165, 1.54) is 23.1 Å². The van der Waals surface area contributed by atoms with Crippen LogP contribution in [0.4, 0.5) is 0 Å². The van der Waals surface area contributed by atoms with E-state index < -0.39 is 0 Å². The molecule has 0 N–H and O–H groups in total. The lowest BCUT2D eigenvalue weighted by Crippen LogP contribution is -2.64. The van der Waals surface area contributed by atoms with Crippen LogP contribution in [0.3, 0.4) is 0 Å². The number of benzene rings is 1. The van der Waals surface area contributed by atoms with Gasteiger partial charge in [-0.3, -0.25) is 4.90 Å². The minimum atomic E-state index is 0.121. The Bertz CT molecular complexity index is 494. The number of hydrogen-bond donors (Lipinski definition) is 0. The standard InChI is InChI=1S/C18H27NO2/c1-14-4-5-15(2)16(10-14)11-19-12-18(13-19)17(6-8-20-3)7-9-21-18/h4-5,10,17H,6-9,11-13H2,1-3H3. The highest BCUT2D eigenvalue weighted by molar-refractivity contribution is 5.30. The molecular formula is C18H27NO2. The van der Waals surface area contributed by atoms with Gasteiger partial charge in [-0.15, -0.1) is 0 Å². The van der Waals surface area contributed by atoms with E-state index in [0.29, 0.717) is 5.92 Å². The Morgan fingerprint density at radius 3 is 2.90 bits per heavy atom. The lowest BCUT2D eigenvalue weighted by Gasteiger charge is -2.50. The molecule has 2 aliphatic heterocycles. The summed E-state index contributed by atoms with van der Waals surface area (Å²) >= 11 is 0. The molecule has 3 nitrogen and oxygen atoms in total. The first-order valence-corrected chi connectivity index (χ1v) is 8.04. The van der Waals surface area contributed by atoms with Crippen molar-refractivity contribution in [2.45, 2.75) is 38.8 Å². The Labute approximate surface area is 128 Å². The van der Waals surface area contributed by atoms with Crippen molar-refractivity contribution in [2.24, 2.45) is 5.92 Å². The lowest BCUT2D eigenvalue weighted by molar-refractivity contribution is -0.138. The highest BCUT2D eigenvalue weighted by Crippen LogP contribution is 2.42. The van der Waals surface area contributed by atoms with Gasteiger partial charge in [-0.2, -0.15) is 0 Å². The number of rotatable bonds is 5. The van der Waals surface area contributed by atoms with Gasteiger partial charge in [-0.25, -0.2) is 0 Å². The average molecular weight is 289 g/mol. The largest absolute Gasteiger partial charge is 0.385 e. The van der Waals surface area contributed by atoms with Crippen LogP contribution in [0, 0.1) is 19.8 Å². The molecule has 3 heteroatoms. The molecule has 0 radical (unpaired) electrons. The molecule has 2 fully saturated rings. The van der Waals surface area contributed by atoms with Crippen LogP contribution >= 0.6 is 0 Å². The maximum Gasteiger partial charge on any atom is 0.0964 e. The van der Waals surface area contributed by atoms with Crippen molar-refractivity contribution < 1.29 is 9.47 Å². The van der Waals surface area contributed by atoms with E-state index in [-0.39, 0.29) is 5.60 Å². The van der Waals surface area contributed by atoms with Crippen molar-refractivity contribution >= 4 is 0 Å². The number of hydrogen-bond acceptors (Lipinski definition) is 3. The number of likely N-dealkylation sites (tertiary alicyclic amines) is 1. The van der Waals surface area contributed by atoms with Crippen LogP contribution in [0.25, 0.3) is 0 Å². The third-order valence-corrected chi connectivity index (χ3v) is 5.15. The first-order valence-electron chi connectivity index (χ1n) is 8.04. The molecule has 0 aromatic heterocycles. The number of nitrogens with zero attached hydrogens (tertiary/aromatic N) is 1. The predicted molar refractivity (Wildman–Crippen MR) is 84.5 cm³/mol. The molecule has 0 aliphatic carbocycles. The fourth-order valence-corrected chi connectivity index (χ4v) is 3.84. The smallest absolute Gasteiger partial charge is 0.0964 e. The molecule has 116 valence electrons. The van der Waals surface area contributed by atoms with Crippen molar-refractivity contribution in [3.8, 4) is 0 Å². The van der Waals surface area contributed by atoms with Gasteiger partial charge in [0.15, 0.2) is 0 Å². The fraction of sp³-hybridized carbons (Fsp3) is 0.667. The summed E-state index contributed by atoms with van der Waals surface area (Å²) in [6.07, 6.45) is 2.33. The van der Waals surface area contributed by atoms with E-state index in [1.54, 1.807) is 7.11 Å². The van der Waals surface area contributed by atoms with E-state index in [1.807, 2.05) is 0 Å². The third-order valence-electron chi connectivity index (χ3n) is 5.15. The summed E-state index contributed by atoms with van der Waals surface area (Å²) in [6, 6.07) is 6.74. The van der Waals surface area contributed by atoms with Crippen LogP contribution in [-0.4, -0.2) is 43.9 Å². The van der Waals surface area contributed by atoms with Crippen molar-refractivity contribution in [3.05, 3.63) is 34.9 Å². The van der Waals surface area contributed by atoms with Gasteiger partial charge in [0.2, 0.25) is 0 Å². The van der Waals surface area contributed by atoms with Gasteiger partial charge in [-0.05, 0) is 43.7 Å². The SMILES string of the molecule is COCCC1CCOC12CN(Cc1cc(C)ccc1C)C2. The van der Waals surface area contributed by atoms with Crippen molar-refractivity contribution in [1.29, 1.82) is 0 Å². The monoisotopic (exact) mass is 289 g/mol. The topological polar surface area (TPSA) is 21.7 Å². The van der Waals surface area contributed by atoms with Crippen molar-refractivity contribution in [3.63, 3.8) is 0 Å². The Morgan fingerprint density at radius 2 is 2.14 bits per heavy atom. The summed E-state index contributed by atoms with van der Waals surface area (Å²) in [5, 5.41) is 0. The van der Waals surface area contributed by atoms with Crippen LogP contribution in [-0.2, 0) is 16.0 Å². The van der Waals surface area contributed by atoms with Crippen molar-refractivity contribution in [2.75, 3.05) is 33.4 Å². The van der Waals surface area contributed by atoms with Crippen LogP contribution in [0.15, 0.2) is 18.2 Å². The summed E-state index contributed by atoms with van der Waals surface area (Å²) in [5.41, 5.74) is 4.32. The Balaban J connectivity index is 1.58. The Kier molecular flexibility index (Phi) is 4.34. The van der Waals surface area contributed by atoms with Gasteiger partial charge >= 0.3 is 0 Å². The van der Waals surface area contributed by atoms with Crippen LogP contribution in [0.5, 0.6) is 0 Å². The van der Waals surface area contributed by atoms with Gasteiger partial charge in [0.25, 0.3) is 0 Å². The molecule has 0 amide bonds. The van der Waals surface area contributed by atoms with E-state index in [2.05, 4.69) is 36.9 Å². The molecule has 2 saturated heterocycles. The molecule has 21 heavy (non-hydrogen) atoms. The Hall–Kier alpha value is -0.900. The Morgan fingerprint density at radius 1 is 1.33 bits per heavy atom. The molecule has 1 aromatic carbocycles. The summed E-state index contributed by atoms with van der Waals surface area (Å²) < 4.78 is 11.4. The summed E-state index contributed by atoms with van der Waals surface area (Å²) in [5.74, 6) is 0.673. The quantitative estimate of drug-likeness (QED) is 0.832. The van der Waals surface area contributed by atoms with E-state index >= 15 is 0 Å². The van der Waals surface area contributed by atoms with Gasteiger partial charge in [0.1, 0.15) is 0 Å². The molecule has 1 spiro atoms. The van der Waals surface area contributed by atoms with Gasteiger partial charge in [0.05, 0.1) is 5.60 Å². The zero-order valence-corrected chi connectivity index (χ0v) is 13.5. The number of ether oxygens (including phenoxy) is 2. The van der Waals surface area contributed by atoms with Crippen LogP contribution < -0.4 is 0 Å². The molecule has 0 bridgehead atoms. The lowest BCUT2D eigenvalue weighted by atomic mass is 9.79. The zero-order valence-electron chi connectivity index (χ0n) is 13.5. The molecule has 1 aromatic rings. The highest BCUT2D eigenvalue weighted by Gasteiger charge is 2.52. The van der Waals surface area contributed by atoms with Crippen LogP contribution in [0.1, 0.15) is 29.5 Å². The van der Waals surface area contributed by atoms with Crippen LogP contribution in [0.2, 0.25) is 0 Å². The van der Waals surface area contributed by atoms with Gasteiger partial charge < -0.3 is 9.47 Å². The maximum absolute atomic E-state index is 6.11. The summed E-state index contributed by atoms with van der Waals surface area (Å²) in [4.78, 5) is 2.52. The number of aryl methyl sites for hydroxylation is 2. The molecule has 3 rings (SSSR count). The molecule has 1 unspecified atom stereocenters. The van der Waals surface area contributed by atoms with E-state index in [0.717, 1.165) is 39.3 Å². The second-order valence-corrected chi connectivity index (χ2v) is 6.76. The summed E-state index contributed by atoms with van der Waals surface area (Å²) in [6.45, 7) is 9.36. The number of methoxy groups -OCH3 is 1. The fourth-order valence-electron chi connectivity index (χ4n) is 3.84. The average Bonchev–Trinajstić information content (AvgIpc) is 2.84. The maximum atomic E-state index is 6.11. The van der Waals surface area contributed by atoms with E-state index in [9.17, 15) is 0 Å². The highest BCUT2D eigenvalue weighted by atomic mass is 16.5. The zero-order chi connectivity index (χ0) is 14.9. The second kappa shape index (κ2) is 6.07. The minimum absolute atomic E-state index is 0.121. The first-order chi connectivity index (χ1) is 10.1.